The third-order valence-corrected chi connectivity index (χ3v) is 5.67. The number of methoxy groups -OCH3 is 1. The minimum absolute atomic E-state index is 0.104. The van der Waals surface area contributed by atoms with E-state index in [1.807, 2.05) is 30.3 Å². The third kappa shape index (κ3) is 6.17. The smallest absolute Gasteiger partial charge is 0.274 e. The van der Waals surface area contributed by atoms with E-state index in [1.165, 1.54) is 18.0 Å². The molecular formula is C25H28N6O5. The number of ether oxygens (including phenoxy) is 2. The lowest BCUT2D eigenvalue weighted by atomic mass is 10.1. The largest absolute Gasteiger partial charge is 0.497 e. The molecule has 2 heterocycles. The van der Waals surface area contributed by atoms with Crippen LogP contribution in [0.25, 0.3) is 5.69 Å². The Morgan fingerprint density at radius 1 is 1.11 bits per heavy atom. The van der Waals surface area contributed by atoms with Gasteiger partial charge in [-0.05, 0) is 43.5 Å². The number of para-hydroxylation sites is 1. The van der Waals surface area contributed by atoms with E-state index >= 15 is 0 Å². The number of hydrogen-bond donors (Lipinski definition) is 3. The number of benzene rings is 2. The first kappa shape index (κ1) is 24.7. The van der Waals surface area contributed by atoms with Gasteiger partial charge in [0.25, 0.3) is 11.8 Å². The highest BCUT2D eigenvalue weighted by molar-refractivity contribution is 5.97. The number of nitrogens with one attached hydrogen (secondary N) is 3. The van der Waals surface area contributed by atoms with E-state index in [0.717, 1.165) is 5.69 Å². The zero-order chi connectivity index (χ0) is 25.3. The molecule has 4 rings (SSSR count). The van der Waals surface area contributed by atoms with Gasteiger partial charge in [0.2, 0.25) is 5.91 Å². The van der Waals surface area contributed by atoms with Crippen LogP contribution in [0.4, 0.5) is 0 Å². The van der Waals surface area contributed by atoms with Crippen molar-refractivity contribution in [2.45, 2.75) is 25.3 Å². The van der Waals surface area contributed by atoms with Crippen LogP contribution < -0.4 is 25.4 Å². The molecule has 0 saturated heterocycles. The van der Waals surface area contributed by atoms with E-state index in [2.05, 4.69) is 26.3 Å². The topological polar surface area (TPSA) is 136 Å². The number of nitrogens with zero attached hydrogens (tertiary/aromatic N) is 3. The summed E-state index contributed by atoms with van der Waals surface area (Å²) in [5.41, 5.74) is 1.26. The Morgan fingerprint density at radius 3 is 2.75 bits per heavy atom. The molecule has 11 nitrogen and oxygen atoms in total. The molecule has 1 aliphatic heterocycles. The quantitative estimate of drug-likeness (QED) is 0.502. The molecule has 3 aromatic rings. The number of carbonyl (C=O) groups excluding carboxylic acids is 3. The summed E-state index contributed by atoms with van der Waals surface area (Å²) in [6, 6.07) is 13.5. The minimum Gasteiger partial charge on any atom is -0.497 e. The molecule has 188 valence electrons. The highest BCUT2D eigenvalue weighted by atomic mass is 16.5. The van der Waals surface area contributed by atoms with E-state index in [1.54, 1.807) is 18.2 Å². The average molecular weight is 493 g/mol. The summed E-state index contributed by atoms with van der Waals surface area (Å²) in [6.07, 6.45) is 3.15. The standard InChI is InChI=1S/C25H28N6O5/c1-35-18-10-11-19-22(15-18)36-14-13-27-24(33)20(9-5-6-12-26-23(19)32)28-25(34)21-16-31(30-29-21)17-7-3-2-4-8-17/h2-4,7-8,10-11,15-16,20H,5-6,9,12-14H2,1H3,(H,26,32)(H,27,33)(H,28,34)/t20-/m0/s1. The van der Waals surface area contributed by atoms with Gasteiger partial charge in [-0.3, -0.25) is 14.4 Å². The normalized spacial score (nSPS) is 17.0. The molecule has 11 heteroatoms. The van der Waals surface area contributed by atoms with Crippen molar-refractivity contribution in [3.05, 3.63) is 66.0 Å². The van der Waals surface area contributed by atoms with Gasteiger partial charge in [-0.15, -0.1) is 5.10 Å². The molecule has 1 atom stereocenters. The van der Waals surface area contributed by atoms with Gasteiger partial charge in [-0.1, -0.05) is 23.4 Å². The van der Waals surface area contributed by atoms with Crippen molar-refractivity contribution in [1.82, 2.24) is 30.9 Å². The summed E-state index contributed by atoms with van der Waals surface area (Å²) in [4.78, 5) is 38.3. The Balaban J connectivity index is 1.41. The Kier molecular flexibility index (Phi) is 8.12. The maximum absolute atomic E-state index is 12.9. The van der Waals surface area contributed by atoms with Crippen molar-refractivity contribution in [2.75, 3.05) is 26.8 Å². The van der Waals surface area contributed by atoms with E-state index in [0.29, 0.717) is 42.9 Å². The Morgan fingerprint density at radius 2 is 1.94 bits per heavy atom. The second-order valence-corrected chi connectivity index (χ2v) is 8.16. The fourth-order valence-electron chi connectivity index (χ4n) is 3.74. The first-order valence-corrected chi connectivity index (χ1v) is 11.7. The van der Waals surface area contributed by atoms with Crippen LogP contribution in [0.3, 0.4) is 0 Å². The first-order valence-electron chi connectivity index (χ1n) is 11.7. The van der Waals surface area contributed by atoms with Gasteiger partial charge >= 0.3 is 0 Å². The summed E-state index contributed by atoms with van der Waals surface area (Å²) in [7, 11) is 1.53. The molecule has 1 aliphatic rings. The second kappa shape index (κ2) is 11.8. The Labute approximate surface area is 208 Å². The highest BCUT2D eigenvalue weighted by Gasteiger charge is 2.23. The van der Waals surface area contributed by atoms with Crippen molar-refractivity contribution in [1.29, 1.82) is 0 Å². The molecule has 3 amide bonds. The van der Waals surface area contributed by atoms with Crippen LogP contribution in [0.1, 0.15) is 40.1 Å². The summed E-state index contributed by atoms with van der Waals surface area (Å²) in [5, 5.41) is 16.4. The molecule has 36 heavy (non-hydrogen) atoms. The summed E-state index contributed by atoms with van der Waals surface area (Å²) in [5.74, 6) is -0.151. The molecule has 0 aliphatic carbocycles. The SMILES string of the molecule is COc1ccc2c(c1)OCCNC(=O)[C@@H](NC(=O)c1cn(-c3ccccc3)nn1)CCCCNC2=O. The monoisotopic (exact) mass is 492 g/mol. The lowest BCUT2D eigenvalue weighted by Crippen LogP contribution is -2.47. The van der Waals surface area contributed by atoms with Crippen LogP contribution >= 0.6 is 0 Å². The molecule has 0 unspecified atom stereocenters. The molecule has 1 aromatic heterocycles. The van der Waals surface area contributed by atoms with Gasteiger partial charge in [0.15, 0.2) is 5.69 Å². The van der Waals surface area contributed by atoms with Gasteiger partial charge < -0.3 is 25.4 Å². The predicted octanol–water partition coefficient (Wildman–Crippen LogP) is 1.48. The maximum Gasteiger partial charge on any atom is 0.274 e. The number of hydrogen-bond acceptors (Lipinski definition) is 7. The number of rotatable bonds is 4. The van der Waals surface area contributed by atoms with Crippen molar-refractivity contribution >= 4 is 17.7 Å². The van der Waals surface area contributed by atoms with Crippen molar-refractivity contribution < 1.29 is 23.9 Å². The van der Waals surface area contributed by atoms with Crippen molar-refractivity contribution in [3.8, 4) is 17.2 Å². The van der Waals surface area contributed by atoms with E-state index in [9.17, 15) is 14.4 Å². The fourth-order valence-corrected chi connectivity index (χ4v) is 3.74. The molecule has 0 saturated carbocycles. The van der Waals surface area contributed by atoms with E-state index in [-0.39, 0.29) is 30.7 Å². The molecule has 0 radical (unpaired) electrons. The van der Waals surface area contributed by atoms with Gasteiger partial charge in [0.05, 0.1) is 31.1 Å². The van der Waals surface area contributed by atoms with Crippen LogP contribution in [0.15, 0.2) is 54.7 Å². The van der Waals surface area contributed by atoms with Crippen LogP contribution in [-0.4, -0.2) is 65.6 Å². The molecule has 0 bridgehead atoms. The lowest BCUT2D eigenvalue weighted by Gasteiger charge is -2.19. The molecule has 0 fully saturated rings. The van der Waals surface area contributed by atoms with Gasteiger partial charge in [-0.25, -0.2) is 4.68 Å². The summed E-state index contributed by atoms with van der Waals surface area (Å²) in [6.45, 7) is 0.733. The lowest BCUT2D eigenvalue weighted by molar-refractivity contribution is -0.123. The van der Waals surface area contributed by atoms with Gasteiger partial charge in [0, 0.05) is 12.6 Å². The zero-order valence-electron chi connectivity index (χ0n) is 19.9. The number of aromatic nitrogens is 3. The van der Waals surface area contributed by atoms with Gasteiger partial charge in [0.1, 0.15) is 24.1 Å². The summed E-state index contributed by atoms with van der Waals surface area (Å²) >= 11 is 0. The first-order chi connectivity index (χ1) is 17.5. The average Bonchev–Trinajstić information content (AvgIpc) is 3.40. The number of fused-ring (bicyclic) bond motifs is 1. The fraction of sp³-hybridized carbons (Fsp3) is 0.320. The Bertz CT molecular complexity index is 1210. The number of carbonyl (C=O) groups is 3. The molecule has 2 aromatic carbocycles. The van der Waals surface area contributed by atoms with Crippen LogP contribution in [0, 0.1) is 0 Å². The van der Waals surface area contributed by atoms with Crippen LogP contribution in [-0.2, 0) is 4.79 Å². The molecular weight excluding hydrogens is 464 g/mol. The van der Waals surface area contributed by atoms with Crippen LogP contribution in [0.2, 0.25) is 0 Å². The highest BCUT2D eigenvalue weighted by Crippen LogP contribution is 2.25. The van der Waals surface area contributed by atoms with Crippen molar-refractivity contribution in [2.24, 2.45) is 0 Å². The molecule has 3 N–H and O–H groups in total. The minimum atomic E-state index is -0.773. The van der Waals surface area contributed by atoms with E-state index < -0.39 is 11.9 Å². The zero-order valence-corrected chi connectivity index (χ0v) is 19.9. The van der Waals surface area contributed by atoms with Crippen molar-refractivity contribution in [3.63, 3.8) is 0 Å². The predicted molar refractivity (Wildman–Crippen MR) is 130 cm³/mol. The van der Waals surface area contributed by atoms with Gasteiger partial charge in [-0.2, -0.15) is 0 Å². The van der Waals surface area contributed by atoms with Crippen LogP contribution in [0.5, 0.6) is 11.5 Å². The molecule has 0 spiro atoms. The maximum atomic E-state index is 12.9. The third-order valence-electron chi connectivity index (χ3n) is 5.67. The second-order valence-electron chi connectivity index (χ2n) is 8.16. The number of amides is 3. The summed E-state index contributed by atoms with van der Waals surface area (Å²) < 4.78 is 12.5. The van der Waals surface area contributed by atoms with E-state index in [4.69, 9.17) is 9.47 Å². The Hall–Kier alpha value is -4.41.